The SMILES string of the molecule is CN(Cc1ccc(-c2ccc(C#N)cc2)cc1)S(=O)(=O)CC(=O)O. The summed E-state index contributed by atoms with van der Waals surface area (Å²) in [6.45, 7) is 0.100. The van der Waals surface area contributed by atoms with Crippen molar-refractivity contribution >= 4 is 16.0 Å². The van der Waals surface area contributed by atoms with E-state index in [4.69, 9.17) is 10.4 Å². The van der Waals surface area contributed by atoms with E-state index in [0.29, 0.717) is 5.56 Å². The fourth-order valence-electron chi connectivity index (χ4n) is 2.16. The molecule has 124 valence electrons. The highest BCUT2D eigenvalue weighted by molar-refractivity contribution is 7.89. The highest BCUT2D eigenvalue weighted by Crippen LogP contribution is 2.21. The molecule has 0 aromatic heterocycles. The maximum Gasteiger partial charge on any atom is 0.320 e. The van der Waals surface area contributed by atoms with Crippen molar-refractivity contribution in [3.8, 4) is 17.2 Å². The molecule has 0 spiro atoms. The van der Waals surface area contributed by atoms with E-state index in [0.717, 1.165) is 21.0 Å². The highest BCUT2D eigenvalue weighted by atomic mass is 32.2. The fraction of sp³-hybridized carbons (Fsp3) is 0.176. The van der Waals surface area contributed by atoms with Crippen LogP contribution in [0, 0.1) is 11.3 Å². The molecule has 0 radical (unpaired) electrons. The van der Waals surface area contributed by atoms with Gasteiger partial charge in [-0.1, -0.05) is 36.4 Å². The Balaban J connectivity index is 2.12. The van der Waals surface area contributed by atoms with Gasteiger partial charge in [-0.05, 0) is 28.8 Å². The van der Waals surface area contributed by atoms with Crippen molar-refractivity contribution < 1.29 is 18.3 Å². The standard InChI is InChI=1S/C17H16N2O4S/c1-19(24(22,23)12-17(20)21)11-14-4-8-16(9-5-14)15-6-2-13(10-18)3-7-15/h2-9H,11-12H2,1H3,(H,20,21). The summed E-state index contributed by atoms with van der Waals surface area (Å²) in [6.07, 6.45) is 0. The maximum atomic E-state index is 11.8. The molecule has 24 heavy (non-hydrogen) atoms. The van der Waals surface area contributed by atoms with Crippen LogP contribution in [-0.4, -0.2) is 36.6 Å². The Morgan fingerprint density at radius 2 is 1.58 bits per heavy atom. The summed E-state index contributed by atoms with van der Waals surface area (Å²) in [5, 5.41) is 17.4. The summed E-state index contributed by atoms with van der Waals surface area (Å²) in [5.74, 6) is -2.30. The van der Waals surface area contributed by atoms with Crippen molar-refractivity contribution in [2.75, 3.05) is 12.8 Å². The molecule has 0 heterocycles. The normalized spacial score (nSPS) is 11.2. The summed E-state index contributed by atoms with van der Waals surface area (Å²) in [7, 11) is -2.47. The molecule has 0 bridgehead atoms. The molecule has 0 fully saturated rings. The van der Waals surface area contributed by atoms with E-state index < -0.39 is 21.7 Å². The first-order valence-corrected chi connectivity index (χ1v) is 8.68. The van der Waals surface area contributed by atoms with Gasteiger partial charge in [0.05, 0.1) is 11.6 Å². The molecular formula is C17H16N2O4S. The second-order valence-corrected chi connectivity index (χ2v) is 7.37. The van der Waals surface area contributed by atoms with Gasteiger partial charge in [0.1, 0.15) is 0 Å². The Bertz CT molecular complexity index is 866. The van der Waals surface area contributed by atoms with Gasteiger partial charge in [-0.3, -0.25) is 4.79 Å². The largest absolute Gasteiger partial charge is 0.480 e. The van der Waals surface area contributed by atoms with E-state index >= 15 is 0 Å². The number of carbonyl (C=O) groups is 1. The predicted octanol–water partition coefficient (Wildman–Crippen LogP) is 2.07. The summed E-state index contributed by atoms with van der Waals surface area (Å²) in [5.41, 5.74) is 3.23. The van der Waals surface area contributed by atoms with Gasteiger partial charge in [0.15, 0.2) is 5.75 Å². The zero-order valence-electron chi connectivity index (χ0n) is 13.0. The lowest BCUT2D eigenvalue weighted by Gasteiger charge is -2.16. The Kier molecular flexibility index (Phi) is 5.34. The third-order valence-corrected chi connectivity index (χ3v) is 5.18. The minimum Gasteiger partial charge on any atom is -0.480 e. The predicted molar refractivity (Wildman–Crippen MR) is 89.5 cm³/mol. The molecule has 0 aliphatic carbocycles. The van der Waals surface area contributed by atoms with E-state index in [1.807, 2.05) is 24.3 Å². The second-order valence-electron chi connectivity index (χ2n) is 5.29. The number of nitriles is 1. The number of sulfonamides is 1. The minimum absolute atomic E-state index is 0.100. The molecule has 0 saturated carbocycles. The van der Waals surface area contributed by atoms with Crippen molar-refractivity contribution in [3.63, 3.8) is 0 Å². The molecule has 0 amide bonds. The molecule has 0 aliphatic heterocycles. The topological polar surface area (TPSA) is 98.5 Å². The van der Waals surface area contributed by atoms with Crippen LogP contribution in [0.2, 0.25) is 0 Å². The van der Waals surface area contributed by atoms with Crippen molar-refractivity contribution in [3.05, 3.63) is 59.7 Å². The Hall–Kier alpha value is -2.69. The van der Waals surface area contributed by atoms with Gasteiger partial charge < -0.3 is 5.11 Å². The van der Waals surface area contributed by atoms with Gasteiger partial charge in [0, 0.05) is 13.6 Å². The fourth-order valence-corrected chi connectivity index (χ4v) is 3.04. The van der Waals surface area contributed by atoms with Crippen molar-refractivity contribution in [2.24, 2.45) is 0 Å². The summed E-state index contributed by atoms with van der Waals surface area (Å²) in [6, 6.07) is 16.5. The van der Waals surface area contributed by atoms with Gasteiger partial charge in [0.2, 0.25) is 10.0 Å². The number of hydrogen-bond acceptors (Lipinski definition) is 4. The molecule has 7 heteroatoms. The lowest BCUT2D eigenvalue weighted by molar-refractivity contribution is -0.134. The van der Waals surface area contributed by atoms with Crippen LogP contribution in [-0.2, 0) is 21.4 Å². The lowest BCUT2D eigenvalue weighted by Crippen LogP contribution is -2.31. The Morgan fingerprint density at radius 1 is 1.08 bits per heavy atom. The van der Waals surface area contributed by atoms with Gasteiger partial charge in [-0.15, -0.1) is 0 Å². The third kappa shape index (κ3) is 4.41. The molecule has 2 rings (SSSR count). The number of carboxylic acid groups (broad SMARTS) is 1. The Morgan fingerprint density at radius 3 is 2.04 bits per heavy atom. The van der Waals surface area contributed by atoms with Crippen LogP contribution in [0.1, 0.15) is 11.1 Å². The number of aliphatic carboxylic acids is 1. The summed E-state index contributed by atoms with van der Waals surface area (Å²) < 4.78 is 24.7. The summed E-state index contributed by atoms with van der Waals surface area (Å²) >= 11 is 0. The minimum atomic E-state index is -3.82. The van der Waals surface area contributed by atoms with E-state index in [1.165, 1.54) is 7.05 Å². The van der Waals surface area contributed by atoms with Crippen LogP contribution >= 0.6 is 0 Å². The molecule has 0 aliphatic rings. The molecule has 2 aromatic rings. The molecule has 1 N–H and O–H groups in total. The Labute approximate surface area is 140 Å². The third-order valence-electron chi connectivity index (χ3n) is 3.49. The van der Waals surface area contributed by atoms with Crippen LogP contribution in [0.4, 0.5) is 0 Å². The highest BCUT2D eigenvalue weighted by Gasteiger charge is 2.21. The quantitative estimate of drug-likeness (QED) is 0.865. The maximum absolute atomic E-state index is 11.8. The number of nitrogens with zero attached hydrogens (tertiary/aromatic N) is 2. The summed E-state index contributed by atoms with van der Waals surface area (Å²) in [4.78, 5) is 10.6. The van der Waals surface area contributed by atoms with Crippen LogP contribution in [0.15, 0.2) is 48.5 Å². The number of hydrogen-bond donors (Lipinski definition) is 1. The number of carboxylic acids is 1. The van der Waals surface area contributed by atoms with Crippen LogP contribution in [0.25, 0.3) is 11.1 Å². The second kappa shape index (κ2) is 7.25. The van der Waals surface area contributed by atoms with Crippen LogP contribution in [0.3, 0.4) is 0 Å². The first-order valence-electron chi connectivity index (χ1n) is 7.07. The number of benzene rings is 2. The molecule has 0 saturated heterocycles. The molecule has 2 aromatic carbocycles. The number of rotatable bonds is 6. The zero-order chi connectivity index (χ0) is 17.7. The monoisotopic (exact) mass is 344 g/mol. The first kappa shape index (κ1) is 17.7. The first-order chi connectivity index (χ1) is 11.3. The van der Waals surface area contributed by atoms with Crippen LogP contribution < -0.4 is 0 Å². The molecule has 6 nitrogen and oxygen atoms in total. The zero-order valence-corrected chi connectivity index (χ0v) is 13.8. The van der Waals surface area contributed by atoms with E-state index in [9.17, 15) is 13.2 Å². The van der Waals surface area contributed by atoms with Gasteiger partial charge in [-0.25, -0.2) is 12.7 Å². The van der Waals surface area contributed by atoms with E-state index in [1.54, 1.807) is 24.3 Å². The smallest absolute Gasteiger partial charge is 0.320 e. The van der Waals surface area contributed by atoms with Crippen molar-refractivity contribution in [2.45, 2.75) is 6.54 Å². The van der Waals surface area contributed by atoms with E-state index in [-0.39, 0.29) is 6.54 Å². The molecule has 0 atom stereocenters. The van der Waals surface area contributed by atoms with Gasteiger partial charge >= 0.3 is 5.97 Å². The van der Waals surface area contributed by atoms with Crippen LogP contribution in [0.5, 0.6) is 0 Å². The van der Waals surface area contributed by atoms with Crippen molar-refractivity contribution in [1.82, 2.24) is 4.31 Å². The molecule has 0 unspecified atom stereocenters. The van der Waals surface area contributed by atoms with E-state index in [2.05, 4.69) is 6.07 Å². The van der Waals surface area contributed by atoms with Gasteiger partial charge in [-0.2, -0.15) is 5.26 Å². The van der Waals surface area contributed by atoms with Gasteiger partial charge in [0.25, 0.3) is 0 Å². The average Bonchev–Trinajstić information content (AvgIpc) is 2.54. The molecular weight excluding hydrogens is 328 g/mol. The average molecular weight is 344 g/mol. The van der Waals surface area contributed by atoms with Crippen molar-refractivity contribution in [1.29, 1.82) is 5.26 Å². The lowest BCUT2D eigenvalue weighted by atomic mass is 10.0.